The van der Waals surface area contributed by atoms with E-state index in [2.05, 4.69) is 9.97 Å². The van der Waals surface area contributed by atoms with Crippen LogP contribution in [0.5, 0.6) is 0 Å². The predicted octanol–water partition coefficient (Wildman–Crippen LogP) is 2.69. The number of amidine groups is 1. The smallest absolute Gasteiger partial charge is 0.410 e. The number of fused-ring (bicyclic) bond motifs is 1. The molecule has 0 spiro atoms. The Bertz CT molecular complexity index is 1190. The maximum absolute atomic E-state index is 12.0. The van der Waals surface area contributed by atoms with Gasteiger partial charge in [-0.25, -0.2) is 14.6 Å². The molecule has 0 saturated carbocycles. The second kappa shape index (κ2) is 15.3. The highest BCUT2D eigenvalue weighted by Gasteiger charge is 2.37. The number of likely N-dealkylation sites (tertiary alicyclic amines) is 1. The van der Waals surface area contributed by atoms with Gasteiger partial charge in [0.05, 0.1) is 30.2 Å². The van der Waals surface area contributed by atoms with Crippen LogP contribution in [0, 0.1) is 18.3 Å². The molecule has 2 aliphatic heterocycles. The molecule has 14 heteroatoms. The van der Waals surface area contributed by atoms with Gasteiger partial charge in [-0.3, -0.25) is 19.8 Å². The lowest BCUT2D eigenvalue weighted by molar-refractivity contribution is -0.153. The average Bonchev–Trinajstić information content (AvgIpc) is 2.82. The molecule has 4 N–H and O–H groups in total. The molecular weight excluding hydrogens is 548 g/mol. The Labute approximate surface area is 246 Å². The second-order valence-corrected chi connectivity index (χ2v) is 11.9. The van der Waals surface area contributed by atoms with E-state index in [0.717, 1.165) is 5.69 Å². The molecule has 1 aromatic rings. The summed E-state index contributed by atoms with van der Waals surface area (Å²) in [5.74, 6) is -0.866. The first-order valence-corrected chi connectivity index (χ1v) is 13.8. The van der Waals surface area contributed by atoms with Gasteiger partial charge in [-0.05, 0) is 62.3 Å². The molecule has 2 aliphatic rings. The number of aromatic nitrogens is 2. The number of nitrogens with two attached hydrogens (primary N) is 1. The van der Waals surface area contributed by atoms with Crippen molar-refractivity contribution in [1.29, 1.82) is 5.41 Å². The average molecular weight is 595 g/mol. The summed E-state index contributed by atoms with van der Waals surface area (Å²) in [5, 5.41) is 6.28. The van der Waals surface area contributed by atoms with Gasteiger partial charge < -0.3 is 34.7 Å². The second-order valence-electron chi connectivity index (χ2n) is 11.9. The van der Waals surface area contributed by atoms with E-state index in [1.165, 1.54) is 11.8 Å². The molecule has 0 aromatic carbocycles. The molecule has 1 saturated heterocycles. The maximum Gasteiger partial charge on any atom is 0.410 e. The summed E-state index contributed by atoms with van der Waals surface area (Å²) in [4.78, 5) is 68.9. The molecule has 1 atom stereocenters. The number of nitrogens with one attached hydrogen (secondary N) is 2. The largest absolute Gasteiger partial charge is 0.465 e. The summed E-state index contributed by atoms with van der Waals surface area (Å²) in [6.07, 6.45) is -0.158. The number of esters is 1. The van der Waals surface area contributed by atoms with Crippen molar-refractivity contribution in [3.8, 4) is 0 Å². The number of carbonyl (C=O) groups excluding carboxylic acids is 4. The fourth-order valence-corrected chi connectivity index (χ4v) is 3.81. The van der Waals surface area contributed by atoms with Crippen LogP contribution in [0.3, 0.4) is 0 Å². The first-order chi connectivity index (χ1) is 19.2. The minimum Gasteiger partial charge on any atom is -0.465 e. The Morgan fingerprint density at radius 3 is 2.00 bits per heavy atom. The van der Waals surface area contributed by atoms with Crippen molar-refractivity contribution in [2.75, 3.05) is 26.2 Å². The van der Waals surface area contributed by atoms with Crippen molar-refractivity contribution >= 4 is 29.8 Å². The Morgan fingerprint density at radius 2 is 1.50 bits per heavy atom. The highest BCUT2D eigenvalue weighted by molar-refractivity contribution is 6.00. The fourth-order valence-electron chi connectivity index (χ4n) is 3.81. The normalized spacial score (nSPS) is 16.5. The number of H-pyrrole nitrogens is 1. The number of hydrogen-bond donors (Lipinski definition) is 3. The van der Waals surface area contributed by atoms with Crippen LogP contribution in [0.15, 0.2) is 4.79 Å². The monoisotopic (exact) mass is 594 g/mol. The Balaban J connectivity index is 0.000000373. The molecule has 0 bridgehead atoms. The summed E-state index contributed by atoms with van der Waals surface area (Å²) < 4.78 is 15.4. The van der Waals surface area contributed by atoms with Crippen LogP contribution in [0.2, 0.25) is 0 Å². The van der Waals surface area contributed by atoms with Crippen molar-refractivity contribution in [3.63, 3.8) is 0 Å². The van der Waals surface area contributed by atoms with Gasteiger partial charge in [0, 0.05) is 32.5 Å². The van der Waals surface area contributed by atoms with E-state index in [1.807, 2.05) is 20.8 Å². The number of amides is 2. The van der Waals surface area contributed by atoms with Crippen LogP contribution in [-0.2, 0) is 36.8 Å². The van der Waals surface area contributed by atoms with E-state index in [4.69, 9.17) is 25.4 Å². The zero-order valence-electron chi connectivity index (χ0n) is 26.2. The maximum atomic E-state index is 12.0. The molecule has 1 fully saturated rings. The third-order valence-corrected chi connectivity index (χ3v) is 5.48. The number of ether oxygens (including phenoxy) is 3. The Morgan fingerprint density at radius 1 is 1.00 bits per heavy atom. The van der Waals surface area contributed by atoms with E-state index < -0.39 is 35.3 Å². The number of aryl methyl sites for hydroxylation is 1. The predicted molar refractivity (Wildman–Crippen MR) is 155 cm³/mol. The van der Waals surface area contributed by atoms with Gasteiger partial charge in [-0.2, -0.15) is 0 Å². The van der Waals surface area contributed by atoms with E-state index >= 15 is 0 Å². The Hall–Kier alpha value is -3.97. The molecule has 1 unspecified atom stereocenters. The molecule has 2 amide bonds. The van der Waals surface area contributed by atoms with Gasteiger partial charge in [0.25, 0.3) is 5.56 Å². The van der Waals surface area contributed by atoms with E-state index in [0.29, 0.717) is 24.4 Å². The topological polar surface area (TPSA) is 198 Å². The lowest BCUT2D eigenvalue weighted by Gasteiger charge is -2.32. The molecule has 3 rings (SSSR count). The summed E-state index contributed by atoms with van der Waals surface area (Å²) in [7, 11) is 0. The third-order valence-electron chi connectivity index (χ3n) is 5.48. The molecule has 3 heterocycles. The van der Waals surface area contributed by atoms with Crippen molar-refractivity contribution in [2.24, 2.45) is 11.7 Å². The number of aromatic amines is 1. The number of ketones is 1. The van der Waals surface area contributed by atoms with Crippen LogP contribution in [0.4, 0.5) is 9.59 Å². The van der Waals surface area contributed by atoms with Crippen LogP contribution in [0.1, 0.15) is 78.9 Å². The molecule has 42 heavy (non-hydrogen) atoms. The van der Waals surface area contributed by atoms with Crippen LogP contribution in [-0.4, -0.2) is 87.0 Å². The highest BCUT2D eigenvalue weighted by Crippen LogP contribution is 2.19. The molecule has 0 aliphatic carbocycles. The van der Waals surface area contributed by atoms with E-state index in [-0.39, 0.29) is 49.8 Å². The van der Waals surface area contributed by atoms with E-state index in [1.54, 1.807) is 39.5 Å². The highest BCUT2D eigenvalue weighted by atomic mass is 16.6. The summed E-state index contributed by atoms with van der Waals surface area (Å²) >= 11 is 0. The van der Waals surface area contributed by atoms with Gasteiger partial charge in [0.2, 0.25) is 0 Å². The van der Waals surface area contributed by atoms with Crippen molar-refractivity contribution < 1.29 is 33.4 Å². The fraction of sp³-hybridized carbons (Fsp3) is 0.679. The lowest BCUT2D eigenvalue weighted by atomic mass is 9.97. The number of hydrogen-bond acceptors (Lipinski definition) is 10. The first kappa shape index (κ1) is 36.1. The van der Waals surface area contributed by atoms with Gasteiger partial charge >= 0.3 is 18.2 Å². The van der Waals surface area contributed by atoms with Crippen LogP contribution in [0.25, 0.3) is 0 Å². The minimum atomic E-state index is -0.888. The zero-order chi connectivity index (χ0) is 32.4. The van der Waals surface area contributed by atoms with Gasteiger partial charge in [-0.1, -0.05) is 0 Å². The van der Waals surface area contributed by atoms with Crippen molar-refractivity contribution in [3.05, 3.63) is 27.4 Å². The number of Topliss-reactive ketones (excluding diaryl/α,β-unsaturated/α-hetero) is 1. The van der Waals surface area contributed by atoms with Crippen LogP contribution < -0.4 is 11.3 Å². The number of nitrogens with zero attached hydrogens (tertiary/aromatic N) is 3. The standard InChI is InChI=1S/C13H19N3O3.C13H21NO5.C2H6N2/c1-8-14-10-5-6-16(7-9(10)11(17)15-8)12(18)19-13(2,3)4;1-5-18-11(16)9-8-14(7-6-10(9)15)12(17)19-13(2,3)4;1-2(3)4/h5-7H2,1-4H3,(H,14,15,17);9H,5-8H2,1-4H3;1H3,(H3,3,4). The summed E-state index contributed by atoms with van der Waals surface area (Å²) in [6, 6.07) is 0. The number of carbonyl (C=O) groups is 4. The first-order valence-electron chi connectivity index (χ1n) is 13.8. The molecule has 14 nitrogen and oxygen atoms in total. The van der Waals surface area contributed by atoms with Crippen molar-refractivity contribution in [1.82, 2.24) is 19.8 Å². The zero-order valence-corrected chi connectivity index (χ0v) is 26.2. The number of piperidine rings is 1. The van der Waals surface area contributed by atoms with Gasteiger partial charge in [-0.15, -0.1) is 0 Å². The molecular formula is C28H46N6O8. The molecule has 0 radical (unpaired) electrons. The lowest BCUT2D eigenvalue weighted by Crippen LogP contribution is -2.48. The van der Waals surface area contributed by atoms with Crippen LogP contribution >= 0.6 is 0 Å². The third kappa shape index (κ3) is 12.7. The summed E-state index contributed by atoms with van der Waals surface area (Å²) in [6.45, 7) is 17.0. The van der Waals surface area contributed by atoms with E-state index in [9.17, 15) is 24.0 Å². The molecule has 236 valence electrons. The summed E-state index contributed by atoms with van der Waals surface area (Å²) in [5.41, 5.74) is 4.73. The molecule has 1 aromatic heterocycles. The van der Waals surface area contributed by atoms with Crippen molar-refractivity contribution in [2.45, 2.75) is 92.9 Å². The van der Waals surface area contributed by atoms with Gasteiger partial charge in [0.1, 0.15) is 22.9 Å². The number of rotatable bonds is 2. The quantitative estimate of drug-likeness (QED) is 0.150. The van der Waals surface area contributed by atoms with Gasteiger partial charge in [0.15, 0.2) is 5.78 Å². The minimum absolute atomic E-state index is 0.0343. The SMILES string of the molecule is CC(=N)N.CCOC(=O)C1CN(C(=O)OC(C)(C)C)CCC1=O.Cc1nc2c(c(=O)[nH]1)CN(C(=O)OC(C)(C)C)CC2. The Kier molecular flexibility index (Phi) is 13.1.